The van der Waals surface area contributed by atoms with Crippen molar-refractivity contribution in [2.24, 2.45) is 0 Å². The van der Waals surface area contributed by atoms with Gasteiger partial charge in [-0.3, -0.25) is 9.89 Å². The van der Waals surface area contributed by atoms with Crippen LogP contribution < -0.4 is 11.3 Å². The van der Waals surface area contributed by atoms with E-state index in [1.165, 1.54) is 18.2 Å². The van der Waals surface area contributed by atoms with E-state index in [2.05, 4.69) is 5.10 Å². The van der Waals surface area contributed by atoms with Gasteiger partial charge in [0.1, 0.15) is 17.2 Å². The fourth-order valence-corrected chi connectivity index (χ4v) is 2.04. The van der Waals surface area contributed by atoms with E-state index in [0.717, 1.165) is 11.1 Å². The molecular formula is C12H13ClFN3O. The summed E-state index contributed by atoms with van der Waals surface area (Å²) in [6, 6.07) is 4.23. The van der Waals surface area contributed by atoms with E-state index >= 15 is 0 Å². The third-order valence-electron chi connectivity index (χ3n) is 2.67. The largest absolute Gasteiger partial charge is 0.393 e. The summed E-state index contributed by atoms with van der Waals surface area (Å²) in [7, 11) is 0. The van der Waals surface area contributed by atoms with Crippen molar-refractivity contribution >= 4 is 17.3 Å². The van der Waals surface area contributed by atoms with Crippen LogP contribution in [0.4, 0.5) is 10.1 Å². The van der Waals surface area contributed by atoms with Gasteiger partial charge >= 0.3 is 0 Å². The SMILES string of the molecule is CCCc1[nH]n(-c2c(F)cccc2Cl)c(=O)c1N. The lowest BCUT2D eigenvalue weighted by molar-refractivity contribution is 0.607. The Morgan fingerprint density at radius 2 is 2.22 bits per heavy atom. The average Bonchev–Trinajstić information content (AvgIpc) is 2.59. The molecule has 3 N–H and O–H groups in total. The lowest BCUT2D eigenvalue weighted by atomic mass is 10.2. The topological polar surface area (TPSA) is 63.8 Å². The van der Waals surface area contributed by atoms with E-state index < -0.39 is 11.4 Å². The highest BCUT2D eigenvalue weighted by molar-refractivity contribution is 6.32. The van der Waals surface area contributed by atoms with Gasteiger partial charge in [0, 0.05) is 0 Å². The van der Waals surface area contributed by atoms with Crippen LogP contribution in [0.25, 0.3) is 5.69 Å². The number of nitrogens with two attached hydrogens (primary N) is 1. The predicted octanol–water partition coefficient (Wildman–Crippen LogP) is 2.49. The second-order valence-electron chi connectivity index (χ2n) is 3.96. The number of hydrogen-bond donors (Lipinski definition) is 2. The maximum absolute atomic E-state index is 13.7. The van der Waals surface area contributed by atoms with Crippen LogP contribution in [0.15, 0.2) is 23.0 Å². The number of nitrogens with zero attached hydrogens (tertiary/aromatic N) is 1. The van der Waals surface area contributed by atoms with Gasteiger partial charge in [0.05, 0.1) is 10.7 Å². The molecule has 0 radical (unpaired) electrons. The van der Waals surface area contributed by atoms with Gasteiger partial charge in [-0.1, -0.05) is 31.0 Å². The molecule has 1 aromatic carbocycles. The average molecular weight is 270 g/mol. The van der Waals surface area contributed by atoms with Crippen molar-refractivity contribution in [2.75, 3.05) is 5.73 Å². The number of aromatic nitrogens is 2. The van der Waals surface area contributed by atoms with Gasteiger partial charge < -0.3 is 5.73 Å². The molecule has 0 bridgehead atoms. The second-order valence-corrected chi connectivity index (χ2v) is 4.37. The monoisotopic (exact) mass is 269 g/mol. The van der Waals surface area contributed by atoms with Crippen molar-refractivity contribution in [3.05, 3.63) is 45.1 Å². The summed E-state index contributed by atoms with van der Waals surface area (Å²) >= 11 is 5.91. The molecule has 0 aliphatic carbocycles. The first-order valence-electron chi connectivity index (χ1n) is 5.60. The Labute approximate surface area is 108 Å². The highest BCUT2D eigenvalue weighted by Crippen LogP contribution is 2.22. The number of anilines is 1. The minimum Gasteiger partial charge on any atom is -0.393 e. The summed E-state index contributed by atoms with van der Waals surface area (Å²) < 4.78 is 14.8. The number of para-hydroxylation sites is 1. The minimum absolute atomic E-state index is 0.00165. The van der Waals surface area contributed by atoms with Crippen LogP contribution in [0.2, 0.25) is 5.02 Å². The van der Waals surface area contributed by atoms with Crippen molar-refractivity contribution in [1.82, 2.24) is 9.78 Å². The summed E-state index contributed by atoms with van der Waals surface area (Å²) in [5.41, 5.74) is 5.92. The van der Waals surface area contributed by atoms with Crippen molar-refractivity contribution in [3.8, 4) is 5.69 Å². The molecule has 2 aromatic rings. The first kappa shape index (κ1) is 12.7. The minimum atomic E-state index is -0.575. The standard InChI is InChI=1S/C12H13ClFN3O/c1-2-4-9-10(15)12(18)17(16-9)11-7(13)5-3-6-8(11)14/h3,5-6,16H,2,4,15H2,1H3. The summed E-state index contributed by atoms with van der Waals surface area (Å²) in [6.45, 7) is 1.96. The van der Waals surface area contributed by atoms with Gasteiger partial charge in [0.15, 0.2) is 0 Å². The van der Waals surface area contributed by atoms with Crippen molar-refractivity contribution in [3.63, 3.8) is 0 Å². The Balaban J connectivity index is 2.65. The fraction of sp³-hybridized carbons (Fsp3) is 0.250. The quantitative estimate of drug-likeness (QED) is 0.899. The van der Waals surface area contributed by atoms with Crippen molar-refractivity contribution in [1.29, 1.82) is 0 Å². The molecule has 1 heterocycles. The number of nitrogen functional groups attached to an aromatic ring is 1. The van der Waals surface area contributed by atoms with Crippen LogP contribution in [-0.2, 0) is 6.42 Å². The molecule has 18 heavy (non-hydrogen) atoms. The van der Waals surface area contributed by atoms with E-state index in [0.29, 0.717) is 12.1 Å². The van der Waals surface area contributed by atoms with Crippen LogP contribution in [0.3, 0.4) is 0 Å². The van der Waals surface area contributed by atoms with E-state index in [9.17, 15) is 9.18 Å². The number of benzene rings is 1. The van der Waals surface area contributed by atoms with E-state index in [-0.39, 0.29) is 16.4 Å². The maximum atomic E-state index is 13.7. The van der Waals surface area contributed by atoms with Gasteiger partial charge in [0.25, 0.3) is 5.56 Å². The third-order valence-corrected chi connectivity index (χ3v) is 2.97. The highest BCUT2D eigenvalue weighted by Gasteiger charge is 2.16. The Kier molecular flexibility index (Phi) is 3.43. The van der Waals surface area contributed by atoms with Crippen LogP contribution in [0, 0.1) is 5.82 Å². The zero-order valence-corrected chi connectivity index (χ0v) is 10.6. The summed E-state index contributed by atoms with van der Waals surface area (Å²) in [5, 5.41) is 2.96. The normalized spacial score (nSPS) is 10.8. The molecule has 0 unspecified atom stereocenters. The molecule has 1 aromatic heterocycles. The summed E-state index contributed by atoms with van der Waals surface area (Å²) in [4.78, 5) is 12.0. The zero-order valence-electron chi connectivity index (χ0n) is 9.84. The Morgan fingerprint density at radius 3 is 2.83 bits per heavy atom. The van der Waals surface area contributed by atoms with Crippen molar-refractivity contribution < 1.29 is 4.39 Å². The first-order valence-corrected chi connectivity index (χ1v) is 5.97. The third kappa shape index (κ3) is 2.01. The molecule has 0 spiro atoms. The van der Waals surface area contributed by atoms with Crippen LogP contribution >= 0.6 is 11.6 Å². The first-order chi connectivity index (χ1) is 8.56. The van der Waals surface area contributed by atoms with Crippen LogP contribution in [-0.4, -0.2) is 9.78 Å². The van der Waals surface area contributed by atoms with Gasteiger partial charge in [-0.2, -0.15) is 0 Å². The smallest absolute Gasteiger partial charge is 0.294 e. The molecule has 96 valence electrons. The molecule has 2 rings (SSSR count). The second kappa shape index (κ2) is 4.86. The van der Waals surface area contributed by atoms with Crippen molar-refractivity contribution in [2.45, 2.75) is 19.8 Å². The Hall–Kier alpha value is -1.75. The van der Waals surface area contributed by atoms with E-state index in [1.54, 1.807) is 0 Å². The molecule has 0 saturated heterocycles. The number of hydrogen-bond acceptors (Lipinski definition) is 2. The van der Waals surface area contributed by atoms with Crippen LogP contribution in [0.5, 0.6) is 0 Å². The molecule has 0 aliphatic heterocycles. The molecule has 0 saturated carbocycles. The molecule has 0 atom stereocenters. The number of nitrogens with one attached hydrogen (secondary N) is 1. The Bertz CT molecular complexity index is 612. The molecule has 6 heteroatoms. The van der Waals surface area contributed by atoms with Crippen LogP contribution in [0.1, 0.15) is 19.0 Å². The molecular weight excluding hydrogens is 257 g/mol. The number of rotatable bonds is 3. The van der Waals surface area contributed by atoms with E-state index in [4.69, 9.17) is 17.3 Å². The lowest BCUT2D eigenvalue weighted by Gasteiger charge is -2.05. The number of halogens is 2. The fourth-order valence-electron chi connectivity index (χ4n) is 1.80. The van der Waals surface area contributed by atoms with Gasteiger partial charge in [-0.05, 0) is 18.6 Å². The van der Waals surface area contributed by atoms with E-state index in [1.807, 2.05) is 6.92 Å². The number of H-pyrrole nitrogens is 1. The number of aryl methyl sites for hydroxylation is 1. The maximum Gasteiger partial charge on any atom is 0.294 e. The van der Waals surface area contributed by atoms with Gasteiger partial charge in [-0.25, -0.2) is 9.07 Å². The van der Waals surface area contributed by atoms with Gasteiger partial charge in [-0.15, -0.1) is 0 Å². The lowest BCUT2D eigenvalue weighted by Crippen LogP contribution is -2.18. The van der Waals surface area contributed by atoms with Gasteiger partial charge in [0.2, 0.25) is 0 Å². The zero-order chi connectivity index (χ0) is 13.3. The predicted molar refractivity (Wildman–Crippen MR) is 69.8 cm³/mol. The molecule has 0 aliphatic rings. The molecule has 0 amide bonds. The Morgan fingerprint density at radius 1 is 1.50 bits per heavy atom. The number of aromatic amines is 1. The summed E-state index contributed by atoms with van der Waals surface area (Å²) in [6.07, 6.45) is 1.45. The molecule has 4 nitrogen and oxygen atoms in total. The molecule has 0 fully saturated rings. The highest BCUT2D eigenvalue weighted by atomic mass is 35.5. The summed E-state index contributed by atoms with van der Waals surface area (Å²) in [5.74, 6) is -0.575.